The summed E-state index contributed by atoms with van der Waals surface area (Å²) in [6.07, 6.45) is -3.32. The van der Waals surface area contributed by atoms with Gasteiger partial charge in [0.25, 0.3) is 0 Å². The molecule has 2 aromatic carbocycles. The number of hydrogen-bond acceptors (Lipinski definition) is 8. The Morgan fingerprint density at radius 2 is 1.56 bits per heavy atom. The summed E-state index contributed by atoms with van der Waals surface area (Å²) in [5.74, 6) is -1.24. The van der Waals surface area contributed by atoms with Crippen LogP contribution in [0.2, 0.25) is 0 Å². The number of ether oxygens (including phenoxy) is 5. The molecule has 0 bridgehead atoms. The minimum atomic E-state index is -1.38. The van der Waals surface area contributed by atoms with Crippen LogP contribution in [0, 0.1) is 0 Å². The number of hydrogen-bond donors (Lipinski definition) is 0. The molecular weight excluding hydrogens is 442 g/mol. The molecule has 1 heterocycles. The van der Waals surface area contributed by atoms with Gasteiger partial charge in [-0.3, -0.25) is 9.59 Å². The molecule has 1 fully saturated rings. The van der Waals surface area contributed by atoms with Crippen molar-refractivity contribution in [2.75, 3.05) is 13.2 Å². The van der Waals surface area contributed by atoms with Crippen LogP contribution in [0.4, 0.5) is 0 Å². The van der Waals surface area contributed by atoms with Crippen LogP contribution in [-0.4, -0.2) is 49.2 Å². The number of rotatable bonds is 11. The topological polar surface area (TPSA) is 129 Å². The van der Waals surface area contributed by atoms with Crippen molar-refractivity contribution in [1.82, 2.24) is 0 Å². The SMILES string of the molecule is CC(=O)OC1O[C@](CN=[N+]=[N-])(COCc2ccccc2)[C@@H](OCc2ccccc2)[C@H]1OC(C)=O. The fraction of sp³-hybridized carbons (Fsp3) is 0.417. The zero-order chi connectivity index (χ0) is 24.4. The first kappa shape index (κ1) is 25.2. The molecule has 0 N–H and O–H groups in total. The molecule has 0 aliphatic carbocycles. The van der Waals surface area contributed by atoms with Crippen molar-refractivity contribution in [3.63, 3.8) is 0 Å². The average molecular weight is 469 g/mol. The molecule has 10 nitrogen and oxygen atoms in total. The molecule has 0 saturated carbocycles. The molecule has 4 atom stereocenters. The van der Waals surface area contributed by atoms with Crippen LogP contribution in [0.25, 0.3) is 10.4 Å². The summed E-state index contributed by atoms with van der Waals surface area (Å²) in [5.41, 5.74) is 9.42. The summed E-state index contributed by atoms with van der Waals surface area (Å²) in [6.45, 7) is 2.58. The van der Waals surface area contributed by atoms with Crippen LogP contribution in [0.15, 0.2) is 65.8 Å². The van der Waals surface area contributed by atoms with Gasteiger partial charge in [-0.05, 0) is 16.7 Å². The van der Waals surface area contributed by atoms with Gasteiger partial charge in [0.1, 0.15) is 11.7 Å². The van der Waals surface area contributed by atoms with E-state index in [1.165, 1.54) is 13.8 Å². The van der Waals surface area contributed by atoms with E-state index in [0.717, 1.165) is 11.1 Å². The number of azide groups is 1. The third-order valence-corrected chi connectivity index (χ3v) is 5.15. The number of nitrogens with zero attached hydrogens (tertiary/aromatic N) is 3. The van der Waals surface area contributed by atoms with Gasteiger partial charge >= 0.3 is 11.9 Å². The minimum Gasteiger partial charge on any atom is -0.453 e. The van der Waals surface area contributed by atoms with Crippen molar-refractivity contribution in [2.45, 2.75) is 51.2 Å². The molecule has 0 spiro atoms. The number of carbonyl (C=O) groups excluding carboxylic acids is 2. The van der Waals surface area contributed by atoms with Crippen LogP contribution in [-0.2, 0) is 46.5 Å². The highest BCUT2D eigenvalue weighted by Gasteiger charge is 2.59. The summed E-state index contributed by atoms with van der Waals surface area (Å²) in [6, 6.07) is 18.8. The molecule has 1 saturated heterocycles. The monoisotopic (exact) mass is 469 g/mol. The first-order chi connectivity index (χ1) is 16.4. The second-order valence-electron chi connectivity index (χ2n) is 7.82. The fourth-order valence-electron chi connectivity index (χ4n) is 3.73. The second-order valence-corrected chi connectivity index (χ2v) is 7.82. The van der Waals surface area contributed by atoms with E-state index in [-0.39, 0.29) is 26.4 Å². The highest BCUT2D eigenvalue weighted by atomic mass is 16.8. The van der Waals surface area contributed by atoms with Gasteiger partial charge in [-0.2, -0.15) is 0 Å². The third kappa shape index (κ3) is 6.79. The molecule has 34 heavy (non-hydrogen) atoms. The summed E-state index contributed by atoms with van der Waals surface area (Å²) in [5, 5.41) is 3.70. The Kier molecular flexibility index (Phi) is 9.00. The van der Waals surface area contributed by atoms with Crippen LogP contribution in [0.1, 0.15) is 25.0 Å². The van der Waals surface area contributed by atoms with Crippen molar-refractivity contribution in [3.05, 3.63) is 82.2 Å². The highest BCUT2D eigenvalue weighted by Crippen LogP contribution is 2.38. The molecule has 0 radical (unpaired) electrons. The van der Waals surface area contributed by atoms with Gasteiger partial charge in [-0.25, -0.2) is 0 Å². The van der Waals surface area contributed by atoms with Crippen molar-refractivity contribution in [2.24, 2.45) is 5.11 Å². The lowest BCUT2D eigenvalue weighted by molar-refractivity contribution is -0.210. The van der Waals surface area contributed by atoms with Gasteiger partial charge in [0.2, 0.25) is 6.29 Å². The Hall–Kier alpha value is -3.43. The molecule has 3 rings (SSSR count). The van der Waals surface area contributed by atoms with Crippen LogP contribution < -0.4 is 0 Å². The van der Waals surface area contributed by atoms with Crippen molar-refractivity contribution in [3.8, 4) is 0 Å². The van der Waals surface area contributed by atoms with E-state index in [9.17, 15) is 9.59 Å². The molecule has 1 unspecified atom stereocenters. The zero-order valence-corrected chi connectivity index (χ0v) is 19.0. The summed E-state index contributed by atoms with van der Waals surface area (Å²) >= 11 is 0. The van der Waals surface area contributed by atoms with E-state index < -0.39 is 36.0 Å². The standard InChI is InChI=1S/C24H27N3O7/c1-17(28)32-21-22(31-14-20-11-7-4-8-12-20)24(15-26-27-25,34-23(21)33-18(2)29)16-30-13-19-9-5-3-6-10-19/h3-12,21-23H,13-16H2,1-2H3/t21-,22+,23?,24-/m1/s1. The summed E-state index contributed by atoms with van der Waals surface area (Å²) in [7, 11) is 0. The maximum atomic E-state index is 11.9. The summed E-state index contributed by atoms with van der Waals surface area (Å²) in [4.78, 5) is 26.5. The zero-order valence-electron chi connectivity index (χ0n) is 19.0. The molecule has 1 aliphatic heterocycles. The van der Waals surface area contributed by atoms with Gasteiger partial charge in [0.05, 0.1) is 26.4 Å². The van der Waals surface area contributed by atoms with Gasteiger partial charge in [0, 0.05) is 18.8 Å². The molecule has 180 valence electrons. The molecule has 2 aromatic rings. The highest BCUT2D eigenvalue weighted by molar-refractivity contribution is 5.67. The predicted molar refractivity (Wildman–Crippen MR) is 120 cm³/mol. The maximum absolute atomic E-state index is 11.9. The molecule has 0 aromatic heterocycles. The largest absolute Gasteiger partial charge is 0.453 e. The Bertz CT molecular complexity index is 998. The Morgan fingerprint density at radius 3 is 2.12 bits per heavy atom. The molecule has 0 amide bonds. The Morgan fingerprint density at radius 1 is 0.971 bits per heavy atom. The van der Waals surface area contributed by atoms with E-state index >= 15 is 0 Å². The maximum Gasteiger partial charge on any atom is 0.305 e. The van der Waals surface area contributed by atoms with E-state index in [0.29, 0.717) is 0 Å². The number of carbonyl (C=O) groups is 2. The number of benzene rings is 2. The molecular formula is C24H27N3O7. The third-order valence-electron chi connectivity index (χ3n) is 5.15. The van der Waals surface area contributed by atoms with E-state index in [1.807, 2.05) is 60.7 Å². The molecule has 10 heteroatoms. The lowest BCUT2D eigenvalue weighted by Crippen LogP contribution is -2.51. The van der Waals surface area contributed by atoms with Gasteiger partial charge in [-0.15, -0.1) is 0 Å². The normalized spacial score (nSPS) is 23.6. The average Bonchev–Trinajstić information content (AvgIpc) is 3.08. The van der Waals surface area contributed by atoms with Crippen molar-refractivity contribution in [1.29, 1.82) is 0 Å². The van der Waals surface area contributed by atoms with Crippen LogP contribution in [0.5, 0.6) is 0 Å². The van der Waals surface area contributed by atoms with Crippen molar-refractivity contribution >= 4 is 11.9 Å². The quantitative estimate of drug-likeness (QED) is 0.212. The van der Waals surface area contributed by atoms with Crippen molar-refractivity contribution < 1.29 is 33.3 Å². The first-order valence-corrected chi connectivity index (χ1v) is 10.7. The van der Waals surface area contributed by atoms with Gasteiger partial charge in [0.15, 0.2) is 6.10 Å². The predicted octanol–water partition coefficient (Wildman–Crippen LogP) is 3.69. The smallest absolute Gasteiger partial charge is 0.305 e. The van der Waals surface area contributed by atoms with E-state index in [1.54, 1.807) is 0 Å². The lowest BCUT2D eigenvalue weighted by Gasteiger charge is -2.33. The number of esters is 2. The fourth-order valence-corrected chi connectivity index (χ4v) is 3.73. The first-order valence-electron chi connectivity index (χ1n) is 10.7. The van der Waals surface area contributed by atoms with Crippen LogP contribution in [0.3, 0.4) is 0 Å². The van der Waals surface area contributed by atoms with Crippen LogP contribution >= 0.6 is 0 Å². The molecule has 1 aliphatic rings. The van der Waals surface area contributed by atoms with Gasteiger partial charge < -0.3 is 23.7 Å². The van der Waals surface area contributed by atoms with Gasteiger partial charge in [-0.1, -0.05) is 65.8 Å². The van der Waals surface area contributed by atoms with E-state index in [4.69, 9.17) is 29.2 Å². The Balaban J connectivity index is 1.90. The second kappa shape index (κ2) is 12.2. The lowest BCUT2D eigenvalue weighted by atomic mass is 9.95. The van der Waals surface area contributed by atoms with E-state index in [2.05, 4.69) is 10.0 Å². The Labute approximate surface area is 197 Å². The summed E-state index contributed by atoms with van der Waals surface area (Å²) < 4.78 is 28.9. The minimum absolute atomic E-state index is 0.0735.